The van der Waals surface area contributed by atoms with Crippen molar-refractivity contribution < 1.29 is 9.59 Å². The van der Waals surface area contributed by atoms with Gasteiger partial charge in [-0.1, -0.05) is 12.1 Å². The second kappa shape index (κ2) is 7.97. The van der Waals surface area contributed by atoms with Gasteiger partial charge in [-0.2, -0.15) is 5.10 Å². The van der Waals surface area contributed by atoms with Gasteiger partial charge >= 0.3 is 0 Å². The molecular weight excluding hydrogens is 396 g/mol. The first-order chi connectivity index (χ1) is 12.5. The van der Waals surface area contributed by atoms with Gasteiger partial charge in [0.15, 0.2) is 0 Å². The summed E-state index contributed by atoms with van der Waals surface area (Å²) in [6.07, 6.45) is 3.63. The van der Waals surface area contributed by atoms with Crippen molar-refractivity contribution >= 4 is 39.1 Å². The summed E-state index contributed by atoms with van der Waals surface area (Å²) < 4.78 is 2.74. The molecule has 7 heteroatoms. The maximum atomic E-state index is 12.3. The third-order valence-corrected chi connectivity index (χ3v) is 4.04. The van der Waals surface area contributed by atoms with Crippen molar-refractivity contribution in [3.8, 4) is 0 Å². The molecule has 0 unspecified atom stereocenters. The lowest BCUT2D eigenvalue weighted by atomic mass is 10.1. The summed E-state index contributed by atoms with van der Waals surface area (Å²) in [5, 5.41) is 9.73. The van der Waals surface area contributed by atoms with Gasteiger partial charge < -0.3 is 10.6 Å². The number of nitrogens with one attached hydrogen (secondary N) is 2. The average Bonchev–Trinajstić information content (AvgIpc) is 3.01. The van der Waals surface area contributed by atoms with E-state index in [1.165, 1.54) is 6.92 Å². The van der Waals surface area contributed by atoms with Gasteiger partial charge in [0, 0.05) is 30.1 Å². The van der Waals surface area contributed by atoms with Gasteiger partial charge in [-0.3, -0.25) is 14.3 Å². The fourth-order valence-electron chi connectivity index (χ4n) is 2.42. The largest absolute Gasteiger partial charge is 0.326 e. The van der Waals surface area contributed by atoms with E-state index in [1.54, 1.807) is 42.6 Å². The van der Waals surface area contributed by atoms with Crippen molar-refractivity contribution in [2.75, 3.05) is 10.6 Å². The maximum absolute atomic E-state index is 12.3. The summed E-state index contributed by atoms with van der Waals surface area (Å²) in [5.74, 6) is -0.324. The highest BCUT2D eigenvalue weighted by atomic mass is 79.9. The van der Waals surface area contributed by atoms with E-state index >= 15 is 0 Å². The third-order valence-electron chi connectivity index (χ3n) is 3.63. The molecule has 26 heavy (non-hydrogen) atoms. The van der Waals surface area contributed by atoms with Crippen molar-refractivity contribution in [1.82, 2.24) is 9.78 Å². The number of amides is 2. The molecule has 2 amide bonds. The predicted octanol–water partition coefficient (Wildman–Crippen LogP) is 3.90. The molecule has 1 aromatic heterocycles. The Kier molecular flexibility index (Phi) is 5.48. The Morgan fingerprint density at radius 1 is 1.00 bits per heavy atom. The number of halogens is 1. The summed E-state index contributed by atoms with van der Waals surface area (Å²) in [6.45, 7) is 2.09. The molecule has 3 rings (SSSR count). The Morgan fingerprint density at radius 3 is 2.15 bits per heavy atom. The first kappa shape index (κ1) is 17.9. The van der Waals surface area contributed by atoms with E-state index in [-0.39, 0.29) is 11.8 Å². The molecule has 0 fully saturated rings. The second-order valence-corrected chi connectivity index (χ2v) is 6.68. The zero-order valence-electron chi connectivity index (χ0n) is 14.1. The van der Waals surface area contributed by atoms with Gasteiger partial charge in [0.05, 0.1) is 17.2 Å². The molecule has 0 atom stereocenters. The molecule has 0 spiro atoms. The van der Waals surface area contributed by atoms with E-state index in [0.29, 0.717) is 23.5 Å². The minimum absolute atomic E-state index is 0.135. The van der Waals surface area contributed by atoms with Crippen LogP contribution in [0.5, 0.6) is 0 Å². The second-order valence-electron chi connectivity index (χ2n) is 5.77. The highest BCUT2D eigenvalue weighted by molar-refractivity contribution is 9.10. The Labute approximate surface area is 159 Å². The Morgan fingerprint density at radius 2 is 1.62 bits per heavy atom. The molecule has 6 nitrogen and oxygen atoms in total. The smallest absolute Gasteiger partial charge is 0.255 e. The molecule has 0 aliphatic rings. The van der Waals surface area contributed by atoms with Gasteiger partial charge in [-0.05, 0) is 57.9 Å². The summed E-state index contributed by atoms with van der Waals surface area (Å²) in [4.78, 5) is 23.4. The Hall–Kier alpha value is -2.93. The fraction of sp³-hybridized carbons (Fsp3) is 0.105. The van der Waals surface area contributed by atoms with Gasteiger partial charge in [0.25, 0.3) is 5.91 Å². The van der Waals surface area contributed by atoms with E-state index in [2.05, 4.69) is 31.7 Å². The van der Waals surface area contributed by atoms with Gasteiger partial charge in [-0.25, -0.2) is 0 Å². The molecule has 0 aliphatic carbocycles. The number of anilines is 2. The molecular formula is C19H17BrN4O2. The Bertz CT molecular complexity index is 917. The van der Waals surface area contributed by atoms with Crippen LogP contribution in [0.25, 0.3) is 0 Å². The lowest BCUT2D eigenvalue weighted by Gasteiger charge is -2.08. The topological polar surface area (TPSA) is 76.0 Å². The van der Waals surface area contributed by atoms with E-state index in [4.69, 9.17) is 0 Å². The number of hydrogen-bond donors (Lipinski definition) is 2. The monoisotopic (exact) mass is 412 g/mol. The maximum Gasteiger partial charge on any atom is 0.255 e. The average molecular weight is 413 g/mol. The number of benzene rings is 2. The number of rotatable bonds is 5. The zero-order valence-corrected chi connectivity index (χ0v) is 15.7. The standard InChI is InChI=1S/C19H17BrN4O2/c1-13(25)22-17-6-8-18(9-7-17)23-19(26)15-4-2-14(3-5-15)11-24-12-16(20)10-21-24/h2-10,12H,11H2,1H3,(H,22,25)(H,23,26). The minimum atomic E-state index is -0.189. The van der Waals surface area contributed by atoms with Crippen molar-refractivity contribution in [2.24, 2.45) is 0 Å². The first-order valence-electron chi connectivity index (χ1n) is 7.95. The van der Waals surface area contributed by atoms with Gasteiger partial charge in [0.2, 0.25) is 5.91 Å². The number of aromatic nitrogens is 2. The predicted molar refractivity (Wildman–Crippen MR) is 104 cm³/mol. The number of hydrogen-bond acceptors (Lipinski definition) is 3. The summed E-state index contributed by atoms with van der Waals surface area (Å²) in [5.41, 5.74) is 2.97. The summed E-state index contributed by atoms with van der Waals surface area (Å²) >= 11 is 3.37. The van der Waals surface area contributed by atoms with Crippen LogP contribution in [0.1, 0.15) is 22.8 Å². The Balaban J connectivity index is 1.61. The highest BCUT2D eigenvalue weighted by Gasteiger charge is 2.07. The zero-order chi connectivity index (χ0) is 18.5. The molecule has 2 N–H and O–H groups in total. The lowest BCUT2D eigenvalue weighted by Crippen LogP contribution is -2.12. The molecule has 0 radical (unpaired) electrons. The number of nitrogens with zero attached hydrogens (tertiary/aromatic N) is 2. The lowest BCUT2D eigenvalue weighted by molar-refractivity contribution is -0.114. The molecule has 1 heterocycles. The van der Waals surface area contributed by atoms with Crippen molar-refractivity contribution in [1.29, 1.82) is 0 Å². The van der Waals surface area contributed by atoms with E-state index in [1.807, 2.05) is 23.0 Å². The summed E-state index contributed by atoms with van der Waals surface area (Å²) in [7, 11) is 0. The molecule has 132 valence electrons. The number of carbonyl (C=O) groups excluding carboxylic acids is 2. The van der Waals surface area contributed by atoms with Crippen LogP contribution in [0.3, 0.4) is 0 Å². The fourth-order valence-corrected chi connectivity index (χ4v) is 2.74. The molecule has 2 aromatic carbocycles. The van der Waals surface area contributed by atoms with Crippen molar-refractivity contribution in [2.45, 2.75) is 13.5 Å². The van der Waals surface area contributed by atoms with E-state index < -0.39 is 0 Å². The molecule has 0 aliphatic heterocycles. The van der Waals surface area contributed by atoms with Crippen LogP contribution in [0, 0.1) is 0 Å². The van der Waals surface area contributed by atoms with Crippen LogP contribution in [0.15, 0.2) is 65.4 Å². The molecule has 3 aromatic rings. The SMILES string of the molecule is CC(=O)Nc1ccc(NC(=O)c2ccc(Cn3cc(Br)cn3)cc2)cc1. The van der Waals surface area contributed by atoms with E-state index in [9.17, 15) is 9.59 Å². The third kappa shape index (κ3) is 4.80. The first-order valence-corrected chi connectivity index (χ1v) is 8.75. The van der Waals surface area contributed by atoms with Crippen LogP contribution in [0.4, 0.5) is 11.4 Å². The van der Waals surface area contributed by atoms with Crippen LogP contribution >= 0.6 is 15.9 Å². The van der Waals surface area contributed by atoms with Crippen LogP contribution < -0.4 is 10.6 Å². The van der Waals surface area contributed by atoms with Crippen molar-refractivity contribution in [3.63, 3.8) is 0 Å². The van der Waals surface area contributed by atoms with Crippen LogP contribution in [-0.4, -0.2) is 21.6 Å². The molecule has 0 saturated carbocycles. The summed E-state index contributed by atoms with van der Waals surface area (Å²) in [6, 6.07) is 14.4. The van der Waals surface area contributed by atoms with Gasteiger partial charge in [0.1, 0.15) is 0 Å². The van der Waals surface area contributed by atoms with Crippen molar-refractivity contribution in [3.05, 3.63) is 76.5 Å². The van der Waals surface area contributed by atoms with Crippen LogP contribution in [-0.2, 0) is 11.3 Å². The normalized spacial score (nSPS) is 10.4. The highest BCUT2D eigenvalue weighted by Crippen LogP contribution is 2.15. The molecule has 0 saturated heterocycles. The number of carbonyl (C=O) groups is 2. The minimum Gasteiger partial charge on any atom is -0.326 e. The molecule has 0 bridgehead atoms. The van der Waals surface area contributed by atoms with Crippen LogP contribution in [0.2, 0.25) is 0 Å². The van der Waals surface area contributed by atoms with Gasteiger partial charge in [-0.15, -0.1) is 0 Å². The van der Waals surface area contributed by atoms with E-state index in [0.717, 1.165) is 10.0 Å². The quantitative estimate of drug-likeness (QED) is 0.666.